The monoisotopic (exact) mass is 375 g/mol. The molecule has 1 aromatic rings. The number of nitrogens with two attached hydrogens (primary N) is 1. The minimum atomic E-state index is -3.60. The van der Waals surface area contributed by atoms with Gasteiger partial charge < -0.3 is 11.1 Å². The number of benzene rings is 1. The molecule has 0 saturated carbocycles. The van der Waals surface area contributed by atoms with E-state index in [1.54, 1.807) is 12.1 Å². The van der Waals surface area contributed by atoms with Gasteiger partial charge in [-0.2, -0.15) is 4.31 Å². The summed E-state index contributed by atoms with van der Waals surface area (Å²) in [6, 6.07) is 4.49. The van der Waals surface area contributed by atoms with Gasteiger partial charge in [0.25, 0.3) is 0 Å². The molecule has 21 heavy (non-hydrogen) atoms. The fourth-order valence-electron chi connectivity index (χ4n) is 2.43. The minimum absolute atomic E-state index is 0.140. The molecule has 0 radical (unpaired) electrons. The van der Waals surface area contributed by atoms with Crippen molar-refractivity contribution in [2.75, 3.05) is 18.8 Å². The van der Waals surface area contributed by atoms with Gasteiger partial charge in [-0.1, -0.05) is 0 Å². The Balaban J connectivity index is 2.24. The van der Waals surface area contributed by atoms with Crippen LogP contribution in [-0.4, -0.2) is 37.8 Å². The molecule has 1 heterocycles. The molecule has 1 aromatic carbocycles. The highest BCUT2D eigenvalue weighted by Gasteiger charge is 2.31. The van der Waals surface area contributed by atoms with Gasteiger partial charge in [0.15, 0.2) is 0 Å². The fourth-order valence-corrected chi connectivity index (χ4v) is 5.01. The van der Waals surface area contributed by atoms with Gasteiger partial charge in [-0.25, -0.2) is 8.42 Å². The summed E-state index contributed by atoms with van der Waals surface area (Å²) in [6.07, 6.45) is 1.51. The van der Waals surface area contributed by atoms with E-state index in [9.17, 15) is 13.2 Å². The lowest BCUT2D eigenvalue weighted by Crippen LogP contribution is -2.49. The Morgan fingerprint density at radius 3 is 2.81 bits per heavy atom. The Morgan fingerprint density at radius 1 is 1.48 bits per heavy atom. The number of carbonyl (C=O) groups excluding carboxylic acids is 1. The summed E-state index contributed by atoms with van der Waals surface area (Å²) in [5.74, 6) is -0.145. The Morgan fingerprint density at radius 2 is 2.19 bits per heavy atom. The standard InChI is InChI=1S/C13H18BrN3O3S/c1-9(18)16-11-3-2-6-17(8-11)21(19,20)13-5-4-10(15)7-12(13)14/h4-5,7,11H,2-3,6,8,15H2,1H3,(H,16,18). The van der Waals surface area contributed by atoms with Crippen molar-refractivity contribution >= 4 is 37.5 Å². The summed E-state index contributed by atoms with van der Waals surface area (Å²) in [7, 11) is -3.60. The molecule has 0 spiro atoms. The van der Waals surface area contributed by atoms with Gasteiger partial charge in [0.05, 0.1) is 4.90 Å². The zero-order valence-electron chi connectivity index (χ0n) is 11.7. The maximum absolute atomic E-state index is 12.7. The van der Waals surface area contributed by atoms with Crippen LogP contribution in [-0.2, 0) is 14.8 Å². The first-order chi connectivity index (χ1) is 9.80. The molecule has 1 aliphatic rings. The van der Waals surface area contributed by atoms with Crippen LogP contribution in [0.15, 0.2) is 27.6 Å². The number of nitrogen functional groups attached to an aromatic ring is 1. The van der Waals surface area contributed by atoms with Gasteiger partial charge in [0.2, 0.25) is 15.9 Å². The molecule has 0 aromatic heterocycles. The Kier molecular flexibility index (Phi) is 4.90. The predicted octanol–water partition coefficient (Wildman–Crippen LogP) is 1.32. The van der Waals surface area contributed by atoms with E-state index in [2.05, 4.69) is 21.2 Å². The number of hydrogen-bond donors (Lipinski definition) is 2. The van der Waals surface area contributed by atoms with Crippen molar-refractivity contribution in [2.45, 2.75) is 30.7 Å². The Labute approximate surface area is 132 Å². The molecule has 0 bridgehead atoms. The number of amides is 1. The van der Waals surface area contributed by atoms with E-state index < -0.39 is 10.0 Å². The zero-order valence-corrected chi connectivity index (χ0v) is 14.1. The number of hydrogen-bond acceptors (Lipinski definition) is 4. The third kappa shape index (κ3) is 3.75. The summed E-state index contributed by atoms with van der Waals surface area (Å²) in [5.41, 5.74) is 6.14. The number of rotatable bonds is 3. The molecular weight excluding hydrogens is 358 g/mol. The second-order valence-corrected chi connectivity index (χ2v) is 7.85. The van der Waals surface area contributed by atoms with E-state index in [4.69, 9.17) is 5.73 Å². The number of piperidine rings is 1. The topological polar surface area (TPSA) is 92.5 Å². The highest BCUT2D eigenvalue weighted by molar-refractivity contribution is 9.10. The van der Waals surface area contributed by atoms with E-state index in [0.29, 0.717) is 23.2 Å². The summed E-state index contributed by atoms with van der Waals surface area (Å²) in [6.45, 7) is 2.18. The molecule has 8 heteroatoms. The van der Waals surface area contributed by atoms with Crippen molar-refractivity contribution in [1.82, 2.24) is 9.62 Å². The van der Waals surface area contributed by atoms with E-state index in [0.717, 1.165) is 12.8 Å². The molecule has 116 valence electrons. The Bertz CT molecular complexity index is 648. The maximum Gasteiger partial charge on any atom is 0.244 e. The van der Waals surface area contributed by atoms with Crippen LogP contribution in [0.4, 0.5) is 5.69 Å². The zero-order chi connectivity index (χ0) is 15.6. The quantitative estimate of drug-likeness (QED) is 0.779. The van der Waals surface area contributed by atoms with Crippen molar-refractivity contribution in [3.63, 3.8) is 0 Å². The average Bonchev–Trinajstić information content (AvgIpc) is 2.37. The van der Waals surface area contributed by atoms with Crippen molar-refractivity contribution in [3.05, 3.63) is 22.7 Å². The molecule has 1 atom stereocenters. The summed E-state index contributed by atoms with van der Waals surface area (Å²) in [5, 5.41) is 2.78. The number of carbonyl (C=O) groups is 1. The number of nitrogens with one attached hydrogen (secondary N) is 1. The molecule has 3 N–H and O–H groups in total. The predicted molar refractivity (Wildman–Crippen MR) is 84.2 cm³/mol. The van der Waals surface area contributed by atoms with Crippen LogP contribution < -0.4 is 11.1 Å². The summed E-state index contributed by atoms with van der Waals surface area (Å²) >= 11 is 3.25. The minimum Gasteiger partial charge on any atom is -0.399 e. The number of sulfonamides is 1. The molecule has 1 unspecified atom stereocenters. The Hall–Kier alpha value is -1.12. The first-order valence-electron chi connectivity index (χ1n) is 6.63. The van der Waals surface area contributed by atoms with Crippen LogP contribution in [0.3, 0.4) is 0 Å². The molecule has 1 saturated heterocycles. The lowest BCUT2D eigenvalue weighted by molar-refractivity contribution is -0.119. The number of halogens is 1. The van der Waals surface area contributed by atoms with E-state index in [1.165, 1.54) is 17.3 Å². The van der Waals surface area contributed by atoms with E-state index >= 15 is 0 Å². The van der Waals surface area contributed by atoms with Crippen molar-refractivity contribution < 1.29 is 13.2 Å². The molecule has 1 amide bonds. The van der Waals surface area contributed by atoms with E-state index in [-0.39, 0.29) is 16.8 Å². The molecule has 1 fully saturated rings. The van der Waals surface area contributed by atoms with E-state index in [1.807, 2.05) is 0 Å². The van der Waals surface area contributed by atoms with Crippen LogP contribution in [0, 0.1) is 0 Å². The second kappa shape index (κ2) is 6.33. The smallest absolute Gasteiger partial charge is 0.244 e. The van der Waals surface area contributed by atoms with Crippen LogP contribution in [0.5, 0.6) is 0 Å². The van der Waals surface area contributed by atoms with Crippen LogP contribution in [0.2, 0.25) is 0 Å². The van der Waals surface area contributed by atoms with Gasteiger partial charge in [0.1, 0.15) is 0 Å². The van der Waals surface area contributed by atoms with Gasteiger partial charge in [-0.3, -0.25) is 4.79 Å². The van der Waals surface area contributed by atoms with Crippen molar-refractivity contribution in [2.24, 2.45) is 0 Å². The summed E-state index contributed by atoms with van der Waals surface area (Å²) < 4.78 is 27.2. The molecule has 2 rings (SSSR count). The van der Waals surface area contributed by atoms with Crippen LogP contribution in [0.1, 0.15) is 19.8 Å². The SMILES string of the molecule is CC(=O)NC1CCCN(S(=O)(=O)c2ccc(N)cc2Br)C1. The largest absolute Gasteiger partial charge is 0.399 e. The van der Waals surface area contributed by atoms with Gasteiger partial charge in [-0.15, -0.1) is 0 Å². The lowest BCUT2D eigenvalue weighted by atomic mass is 10.1. The van der Waals surface area contributed by atoms with Crippen molar-refractivity contribution in [1.29, 1.82) is 0 Å². The highest BCUT2D eigenvalue weighted by atomic mass is 79.9. The number of nitrogens with zero attached hydrogens (tertiary/aromatic N) is 1. The number of anilines is 1. The van der Waals surface area contributed by atoms with Gasteiger partial charge in [0, 0.05) is 36.2 Å². The summed E-state index contributed by atoms with van der Waals surface area (Å²) in [4.78, 5) is 11.3. The maximum atomic E-state index is 12.7. The van der Waals surface area contributed by atoms with Crippen LogP contribution >= 0.6 is 15.9 Å². The first-order valence-corrected chi connectivity index (χ1v) is 8.86. The molecular formula is C13H18BrN3O3S. The third-order valence-electron chi connectivity index (χ3n) is 3.37. The fraction of sp³-hybridized carbons (Fsp3) is 0.462. The third-order valence-corrected chi connectivity index (χ3v) is 6.21. The lowest BCUT2D eigenvalue weighted by Gasteiger charge is -2.32. The second-order valence-electron chi connectivity index (χ2n) is 5.09. The average molecular weight is 376 g/mol. The normalized spacial score (nSPS) is 20.2. The van der Waals surface area contributed by atoms with Gasteiger partial charge in [-0.05, 0) is 47.0 Å². The molecule has 0 aliphatic carbocycles. The van der Waals surface area contributed by atoms with Crippen LogP contribution in [0.25, 0.3) is 0 Å². The molecule has 1 aliphatic heterocycles. The highest BCUT2D eigenvalue weighted by Crippen LogP contribution is 2.28. The molecule has 6 nitrogen and oxygen atoms in total. The first kappa shape index (κ1) is 16.3. The van der Waals surface area contributed by atoms with Gasteiger partial charge >= 0.3 is 0 Å². The van der Waals surface area contributed by atoms with Crippen molar-refractivity contribution in [3.8, 4) is 0 Å².